The van der Waals surface area contributed by atoms with E-state index in [1.54, 1.807) is 7.11 Å². The van der Waals surface area contributed by atoms with E-state index in [2.05, 4.69) is 29.1 Å². The Morgan fingerprint density at radius 3 is 2.76 bits per heavy atom. The third-order valence-corrected chi connectivity index (χ3v) is 2.54. The number of hydrogen-bond donors (Lipinski definition) is 0. The van der Waals surface area contributed by atoms with Crippen molar-refractivity contribution in [1.82, 2.24) is 0 Å². The van der Waals surface area contributed by atoms with Gasteiger partial charge in [0.25, 0.3) is 0 Å². The predicted octanol–water partition coefficient (Wildman–Crippen LogP) is 4.03. The van der Waals surface area contributed by atoms with Crippen molar-refractivity contribution < 1.29 is 4.74 Å². The lowest BCUT2D eigenvalue weighted by Crippen LogP contribution is -1.90. The van der Waals surface area contributed by atoms with Crippen LogP contribution < -0.4 is 4.74 Å². The van der Waals surface area contributed by atoms with E-state index in [1.807, 2.05) is 19.1 Å². The molecule has 0 unspecified atom stereocenters. The minimum Gasteiger partial charge on any atom is -0.496 e. The van der Waals surface area contributed by atoms with Crippen LogP contribution in [-0.4, -0.2) is 13.7 Å². The van der Waals surface area contributed by atoms with Gasteiger partial charge in [-0.15, -0.1) is 0 Å². The Labute approximate surface area is 102 Å². The number of nitrogens with zero attached hydrogens (tertiary/aromatic N) is 3. The van der Waals surface area contributed by atoms with Gasteiger partial charge in [-0.25, -0.2) is 0 Å². The van der Waals surface area contributed by atoms with Crippen molar-refractivity contribution in [2.24, 2.45) is 5.11 Å². The fraction of sp³-hybridized carbons (Fsp3) is 0.385. The average molecular weight is 231 g/mol. The van der Waals surface area contributed by atoms with Crippen LogP contribution in [0.15, 0.2) is 23.3 Å². The van der Waals surface area contributed by atoms with E-state index in [1.165, 1.54) is 11.1 Å². The molecule has 0 amide bonds. The van der Waals surface area contributed by atoms with E-state index in [4.69, 9.17) is 10.3 Å². The van der Waals surface area contributed by atoms with Crippen LogP contribution in [0.2, 0.25) is 0 Å². The Bertz CT molecular complexity index is 460. The van der Waals surface area contributed by atoms with Crippen LogP contribution in [0.25, 0.3) is 16.5 Å². The first-order valence-electron chi connectivity index (χ1n) is 5.51. The molecule has 4 heteroatoms. The second kappa shape index (κ2) is 6.61. The normalized spacial score (nSPS) is 10.3. The predicted molar refractivity (Wildman–Crippen MR) is 70.1 cm³/mol. The highest BCUT2D eigenvalue weighted by Crippen LogP contribution is 2.23. The summed E-state index contributed by atoms with van der Waals surface area (Å²) in [5, 5.41) is 3.48. The molecule has 1 rings (SSSR count). The molecule has 0 aliphatic heterocycles. The van der Waals surface area contributed by atoms with E-state index in [-0.39, 0.29) is 0 Å². The quantitative estimate of drug-likeness (QED) is 0.326. The van der Waals surface area contributed by atoms with Crippen LogP contribution >= 0.6 is 0 Å². The Hall–Kier alpha value is -1.93. The fourth-order valence-electron chi connectivity index (χ4n) is 1.60. The highest BCUT2D eigenvalue weighted by molar-refractivity contribution is 5.57. The van der Waals surface area contributed by atoms with Crippen LogP contribution in [0.3, 0.4) is 0 Å². The molecule has 0 aliphatic carbocycles. The summed E-state index contributed by atoms with van der Waals surface area (Å²) < 4.78 is 5.26. The van der Waals surface area contributed by atoms with Gasteiger partial charge in [-0.2, -0.15) is 0 Å². The first kappa shape index (κ1) is 13.1. The lowest BCUT2D eigenvalue weighted by Gasteiger charge is -2.08. The van der Waals surface area contributed by atoms with Gasteiger partial charge in [0.1, 0.15) is 5.75 Å². The Morgan fingerprint density at radius 1 is 1.35 bits per heavy atom. The molecule has 0 fully saturated rings. The third-order valence-electron chi connectivity index (χ3n) is 2.54. The highest BCUT2D eigenvalue weighted by atomic mass is 16.5. The third kappa shape index (κ3) is 3.85. The van der Waals surface area contributed by atoms with Crippen LogP contribution in [0.5, 0.6) is 5.75 Å². The molecule has 0 aromatic heterocycles. The zero-order valence-corrected chi connectivity index (χ0v) is 10.5. The summed E-state index contributed by atoms with van der Waals surface area (Å²) in [4.78, 5) is 2.71. The van der Waals surface area contributed by atoms with E-state index in [0.717, 1.165) is 17.7 Å². The molecule has 0 saturated carbocycles. The first-order chi connectivity index (χ1) is 8.19. The smallest absolute Gasteiger partial charge is 0.122 e. The Morgan fingerprint density at radius 2 is 2.12 bits per heavy atom. The van der Waals surface area contributed by atoms with Crippen molar-refractivity contribution in [2.75, 3.05) is 13.7 Å². The summed E-state index contributed by atoms with van der Waals surface area (Å²) in [6.45, 7) is 4.58. The van der Waals surface area contributed by atoms with Crippen molar-refractivity contribution in [3.8, 4) is 5.75 Å². The zero-order chi connectivity index (χ0) is 12.7. The molecule has 0 saturated heterocycles. The van der Waals surface area contributed by atoms with Gasteiger partial charge in [0, 0.05) is 11.5 Å². The number of hydrogen-bond acceptors (Lipinski definition) is 2. The molecule has 0 radical (unpaired) electrons. The molecular weight excluding hydrogens is 214 g/mol. The molecular formula is C13H17N3O. The van der Waals surface area contributed by atoms with Crippen LogP contribution in [0.1, 0.15) is 23.1 Å². The molecule has 0 bridgehead atoms. The maximum Gasteiger partial charge on any atom is 0.122 e. The topological polar surface area (TPSA) is 58.0 Å². The Kier molecular flexibility index (Phi) is 5.11. The zero-order valence-electron chi connectivity index (χ0n) is 10.5. The number of rotatable bonds is 5. The number of ether oxygens (including phenoxy) is 1. The van der Waals surface area contributed by atoms with Gasteiger partial charge in [-0.1, -0.05) is 17.3 Å². The number of azide groups is 1. The van der Waals surface area contributed by atoms with Crippen molar-refractivity contribution in [2.45, 2.75) is 20.3 Å². The minimum absolute atomic E-state index is 0.501. The van der Waals surface area contributed by atoms with Gasteiger partial charge in [0.2, 0.25) is 0 Å². The first-order valence-corrected chi connectivity index (χ1v) is 5.51. The van der Waals surface area contributed by atoms with Gasteiger partial charge in [-0.05, 0) is 54.6 Å². The highest BCUT2D eigenvalue weighted by Gasteiger charge is 2.01. The van der Waals surface area contributed by atoms with E-state index >= 15 is 0 Å². The summed E-state index contributed by atoms with van der Waals surface area (Å²) in [5.74, 6) is 0.911. The standard InChI is InChI=1S/C13H17N3O/c1-10-9-13(17-3)11(2)8-12(10)6-4-5-7-15-16-14/h4,6,8-9H,5,7H2,1-3H3. The largest absolute Gasteiger partial charge is 0.496 e. The second-order valence-electron chi connectivity index (χ2n) is 3.82. The number of methoxy groups -OCH3 is 1. The van der Waals surface area contributed by atoms with Crippen LogP contribution in [-0.2, 0) is 0 Å². The van der Waals surface area contributed by atoms with E-state index in [0.29, 0.717) is 6.54 Å². The van der Waals surface area contributed by atoms with Crippen molar-refractivity contribution in [1.29, 1.82) is 0 Å². The van der Waals surface area contributed by atoms with Crippen molar-refractivity contribution >= 4 is 6.08 Å². The molecule has 0 spiro atoms. The van der Waals surface area contributed by atoms with Gasteiger partial charge in [0.05, 0.1) is 7.11 Å². The van der Waals surface area contributed by atoms with Crippen LogP contribution in [0.4, 0.5) is 0 Å². The number of benzene rings is 1. The number of aryl methyl sites for hydroxylation is 2. The lowest BCUT2D eigenvalue weighted by atomic mass is 10.0. The molecule has 0 heterocycles. The van der Waals surface area contributed by atoms with Crippen LogP contribution in [0, 0.1) is 13.8 Å². The second-order valence-corrected chi connectivity index (χ2v) is 3.82. The molecule has 4 nitrogen and oxygen atoms in total. The molecule has 0 N–H and O–H groups in total. The maximum absolute atomic E-state index is 8.14. The summed E-state index contributed by atoms with van der Waals surface area (Å²) >= 11 is 0. The molecule has 17 heavy (non-hydrogen) atoms. The van der Waals surface area contributed by atoms with Gasteiger partial charge in [-0.3, -0.25) is 0 Å². The minimum atomic E-state index is 0.501. The molecule has 0 atom stereocenters. The summed E-state index contributed by atoms with van der Waals surface area (Å²) in [6.07, 6.45) is 4.83. The van der Waals surface area contributed by atoms with Crippen molar-refractivity contribution in [3.63, 3.8) is 0 Å². The summed E-state index contributed by atoms with van der Waals surface area (Å²) in [5.41, 5.74) is 11.6. The van der Waals surface area contributed by atoms with Crippen molar-refractivity contribution in [3.05, 3.63) is 45.3 Å². The van der Waals surface area contributed by atoms with E-state index < -0.39 is 0 Å². The summed E-state index contributed by atoms with van der Waals surface area (Å²) in [6, 6.07) is 4.13. The van der Waals surface area contributed by atoms with Gasteiger partial charge < -0.3 is 4.74 Å². The molecule has 1 aromatic carbocycles. The van der Waals surface area contributed by atoms with Gasteiger partial charge >= 0.3 is 0 Å². The lowest BCUT2D eigenvalue weighted by molar-refractivity contribution is 0.411. The molecule has 1 aromatic rings. The van der Waals surface area contributed by atoms with E-state index in [9.17, 15) is 0 Å². The SMILES string of the molecule is COc1cc(C)c(C=CCCN=[N+]=[N-])cc1C. The summed E-state index contributed by atoms with van der Waals surface area (Å²) in [7, 11) is 1.68. The Balaban J connectivity index is 2.77. The fourth-order valence-corrected chi connectivity index (χ4v) is 1.60. The monoisotopic (exact) mass is 231 g/mol. The maximum atomic E-state index is 8.14. The average Bonchev–Trinajstić information content (AvgIpc) is 2.32. The molecule has 90 valence electrons. The van der Waals surface area contributed by atoms with Gasteiger partial charge in [0.15, 0.2) is 0 Å². The molecule has 0 aliphatic rings.